The third-order valence-corrected chi connectivity index (χ3v) is 14.7. The summed E-state index contributed by atoms with van der Waals surface area (Å²) in [5.41, 5.74) is 0. The number of amides is 1. The minimum atomic E-state index is -1.79. The van der Waals surface area contributed by atoms with Gasteiger partial charge in [-0.15, -0.1) is 0 Å². The molecule has 2 aliphatic rings. The van der Waals surface area contributed by atoms with Gasteiger partial charge in [0.1, 0.15) is 48.8 Å². The van der Waals surface area contributed by atoms with Crippen molar-refractivity contribution in [2.75, 3.05) is 19.8 Å². The van der Waals surface area contributed by atoms with E-state index in [1.54, 1.807) is 6.08 Å². The van der Waals surface area contributed by atoms with E-state index in [0.717, 1.165) is 64.2 Å². The molecule has 12 atom stereocenters. The third kappa shape index (κ3) is 32.6. The number of rotatable bonds is 48. The molecular formula is C61H111NO13. The van der Waals surface area contributed by atoms with Gasteiger partial charge in [0.05, 0.1) is 32.0 Å². The fourth-order valence-electron chi connectivity index (χ4n) is 9.79. The SMILES string of the molecule is CCCCCCCCC/C=C\CCCCCCCC(=O)NC(COC1OC(CO)C(OC2OC(CO)C(O)C(O)C2O)C(O)C1O)C(O)/C=C/CC/C=C/CC/C=C/CCCCCCCCCCCCCCCCC. The molecule has 0 radical (unpaired) electrons. The average Bonchev–Trinajstić information content (AvgIpc) is 3.41. The number of ether oxygens (including phenoxy) is 4. The van der Waals surface area contributed by atoms with Crippen LogP contribution in [-0.2, 0) is 23.7 Å². The zero-order valence-electron chi connectivity index (χ0n) is 47.0. The van der Waals surface area contributed by atoms with E-state index in [0.29, 0.717) is 12.8 Å². The first-order valence-electron chi connectivity index (χ1n) is 30.4. The molecule has 1 amide bonds. The van der Waals surface area contributed by atoms with Crippen LogP contribution in [0.5, 0.6) is 0 Å². The lowest BCUT2D eigenvalue weighted by atomic mass is 9.97. The van der Waals surface area contributed by atoms with Crippen molar-refractivity contribution in [2.45, 2.75) is 312 Å². The van der Waals surface area contributed by atoms with Crippen LogP contribution in [0.15, 0.2) is 48.6 Å². The highest BCUT2D eigenvalue weighted by Gasteiger charge is 2.51. The van der Waals surface area contributed by atoms with Gasteiger partial charge in [0.15, 0.2) is 12.6 Å². The highest BCUT2D eigenvalue weighted by molar-refractivity contribution is 5.76. The molecule has 0 aromatic heterocycles. The second-order valence-corrected chi connectivity index (χ2v) is 21.5. The van der Waals surface area contributed by atoms with Gasteiger partial charge in [0.2, 0.25) is 5.91 Å². The average molecular weight is 1070 g/mol. The Bertz CT molecular complexity index is 1440. The third-order valence-electron chi connectivity index (χ3n) is 14.7. The Morgan fingerprint density at radius 1 is 0.467 bits per heavy atom. The van der Waals surface area contributed by atoms with E-state index in [1.807, 2.05) is 6.08 Å². The van der Waals surface area contributed by atoms with Crippen LogP contribution in [0.4, 0.5) is 0 Å². The number of aliphatic hydroxyl groups is 8. The highest BCUT2D eigenvalue weighted by Crippen LogP contribution is 2.30. The molecule has 2 saturated heterocycles. The summed E-state index contributed by atoms with van der Waals surface area (Å²) in [6.45, 7) is 2.77. The van der Waals surface area contributed by atoms with Gasteiger partial charge in [-0.1, -0.05) is 210 Å². The standard InChI is InChI=1S/C61H111NO13/c1-3-5-7-9-11-13-15-17-19-21-22-23-24-25-26-27-28-29-30-32-34-36-38-40-42-44-50(65)49(62-53(66)45-43-41-39-37-35-33-31-20-18-16-14-12-10-8-6-4-2)48-72-60-58(71)56(69)59(52(47-64)74-60)75-61-57(70)55(68)54(67)51(46-63)73-61/h20,28-29,31,34,36,42,44,49-52,54-61,63-65,67-71H,3-19,21-27,30,32-33,35,37-41,43,45-48H2,1-2H3,(H,62,66)/b29-28+,31-20-,36-34+,44-42+. The van der Waals surface area contributed by atoms with E-state index >= 15 is 0 Å². The van der Waals surface area contributed by atoms with Gasteiger partial charge in [-0.2, -0.15) is 0 Å². The minimum Gasteiger partial charge on any atom is -0.394 e. The van der Waals surface area contributed by atoms with Crippen LogP contribution in [-0.4, -0.2) is 140 Å². The summed E-state index contributed by atoms with van der Waals surface area (Å²) in [5.74, 6) is -0.262. The lowest BCUT2D eigenvalue weighted by Crippen LogP contribution is -2.65. The number of unbranched alkanes of at least 4 members (excludes halogenated alkanes) is 29. The van der Waals surface area contributed by atoms with Crippen LogP contribution >= 0.6 is 0 Å². The minimum absolute atomic E-state index is 0.260. The van der Waals surface area contributed by atoms with Gasteiger partial charge in [-0.25, -0.2) is 0 Å². The smallest absolute Gasteiger partial charge is 0.220 e. The maximum atomic E-state index is 13.2. The summed E-state index contributed by atoms with van der Waals surface area (Å²) in [4.78, 5) is 13.2. The Morgan fingerprint density at radius 2 is 0.853 bits per heavy atom. The van der Waals surface area contributed by atoms with Crippen LogP contribution in [0.1, 0.15) is 239 Å². The zero-order valence-corrected chi connectivity index (χ0v) is 47.0. The molecule has 0 aromatic carbocycles. The van der Waals surface area contributed by atoms with Gasteiger partial charge in [-0.3, -0.25) is 4.79 Å². The monoisotopic (exact) mass is 1070 g/mol. The summed E-state index contributed by atoms with van der Waals surface area (Å²) in [6.07, 6.45) is 41.6. The lowest BCUT2D eigenvalue weighted by molar-refractivity contribution is -0.359. The molecule has 2 heterocycles. The second-order valence-electron chi connectivity index (χ2n) is 21.5. The first-order valence-corrected chi connectivity index (χ1v) is 30.4. The van der Waals surface area contributed by atoms with E-state index in [-0.39, 0.29) is 18.9 Å². The largest absolute Gasteiger partial charge is 0.394 e. The Morgan fingerprint density at radius 3 is 1.31 bits per heavy atom. The predicted octanol–water partition coefficient (Wildman–Crippen LogP) is 10.4. The first-order chi connectivity index (χ1) is 36.6. The Hall–Kier alpha value is -2.05. The van der Waals surface area contributed by atoms with E-state index in [1.165, 1.54) is 141 Å². The number of allylic oxidation sites excluding steroid dienone is 7. The summed E-state index contributed by atoms with van der Waals surface area (Å²) in [5, 5.41) is 87.0. The summed E-state index contributed by atoms with van der Waals surface area (Å²) in [6, 6.07) is -0.943. The number of carbonyl (C=O) groups is 1. The van der Waals surface area contributed by atoms with Crippen LogP contribution in [0.3, 0.4) is 0 Å². The summed E-state index contributed by atoms with van der Waals surface area (Å²) in [7, 11) is 0. The molecule has 0 bridgehead atoms. The van der Waals surface area contributed by atoms with Crippen molar-refractivity contribution in [1.82, 2.24) is 5.32 Å². The van der Waals surface area contributed by atoms with Crippen LogP contribution in [0.2, 0.25) is 0 Å². The van der Waals surface area contributed by atoms with Gasteiger partial charge >= 0.3 is 0 Å². The van der Waals surface area contributed by atoms with Gasteiger partial charge in [0.25, 0.3) is 0 Å². The molecule has 0 spiro atoms. The van der Waals surface area contributed by atoms with Crippen molar-refractivity contribution in [1.29, 1.82) is 0 Å². The molecule has 75 heavy (non-hydrogen) atoms. The number of hydrogen-bond donors (Lipinski definition) is 9. The van der Waals surface area contributed by atoms with Crippen molar-refractivity contribution < 1.29 is 64.6 Å². The van der Waals surface area contributed by atoms with Gasteiger partial charge in [0, 0.05) is 6.42 Å². The Balaban J connectivity index is 1.78. The molecule has 2 fully saturated rings. The molecule has 438 valence electrons. The zero-order chi connectivity index (χ0) is 54.6. The molecule has 0 aromatic rings. The normalized spacial score (nSPS) is 25.4. The number of carbonyl (C=O) groups excluding carboxylic acids is 1. The Labute approximate surface area is 454 Å². The van der Waals surface area contributed by atoms with Gasteiger partial charge < -0.3 is 65.1 Å². The van der Waals surface area contributed by atoms with Crippen molar-refractivity contribution in [3.63, 3.8) is 0 Å². The molecule has 12 unspecified atom stereocenters. The summed E-state index contributed by atoms with van der Waals surface area (Å²) < 4.78 is 22.7. The quantitative estimate of drug-likeness (QED) is 0.0204. The summed E-state index contributed by atoms with van der Waals surface area (Å²) >= 11 is 0. The maximum Gasteiger partial charge on any atom is 0.220 e. The van der Waals surface area contributed by atoms with E-state index in [9.17, 15) is 45.6 Å². The fourth-order valence-corrected chi connectivity index (χ4v) is 9.79. The van der Waals surface area contributed by atoms with Crippen molar-refractivity contribution in [2.24, 2.45) is 0 Å². The second kappa shape index (κ2) is 46.8. The maximum absolute atomic E-state index is 13.2. The molecule has 9 N–H and O–H groups in total. The molecule has 14 heteroatoms. The predicted molar refractivity (Wildman–Crippen MR) is 300 cm³/mol. The van der Waals surface area contributed by atoms with Crippen molar-refractivity contribution in [3.8, 4) is 0 Å². The molecule has 2 aliphatic heterocycles. The van der Waals surface area contributed by atoms with Crippen LogP contribution in [0.25, 0.3) is 0 Å². The number of aliphatic hydroxyl groups excluding tert-OH is 8. The van der Waals surface area contributed by atoms with E-state index < -0.39 is 86.8 Å². The topological polar surface area (TPSA) is 228 Å². The lowest BCUT2D eigenvalue weighted by Gasteiger charge is -2.46. The van der Waals surface area contributed by atoms with E-state index in [4.69, 9.17) is 18.9 Å². The number of hydrogen-bond acceptors (Lipinski definition) is 13. The van der Waals surface area contributed by atoms with Crippen molar-refractivity contribution in [3.05, 3.63) is 48.6 Å². The Kier molecular flexibility index (Phi) is 43.1. The molecule has 0 saturated carbocycles. The molecule has 0 aliphatic carbocycles. The number of nitrogens with one attached hydrogen (secondary N) is 1. The highest BCUT2D eigenvalue weighted by atomic mass is 16.7. The molecule has 14 nitrogen and oxygen atoms in total. The van der Waals surface area contributed by atoms with Crippen molar-refractivity contribution >= 4 is 5.91 Å². The van der Waals surface area contributed by atoms with Crippen LogP contribution in [0, 0.1) is 0 Å². The van der Waals surface area contributed by atoms with E-state index in [2.05, 4.69) is 55.6 Å². The van der Waals surface area contributed by atoms with Crippen LogP contribution < -0.4 is 5.32 Å². The fraction of sp³-hybridized carbons (Fsp3) is 0.852. The molecule has 2 rings (SSSR count). The first kappa shape index (κ1) is 69.1. The van der Waals surface area contributed by atoms with Gasteiger partial charge in [-0.05, 0) is 70.6 Å². The molecular weight excluding hydrogens is 955 g/mol.